The number of hydrogen-bond acceptors (Lipinski definition) is 4. The molecule has 0 aliphatic rings. The number of esters is 1. The van der Waals surface area contributed by atoms with Gasteiger partial charge in [0.25, 0.3) is 0 Å². The molecule has 86 valence electrons. The van der Waals surface area contributed by atoms with Crippen molar-refractivity contribution in [2.24, 2.45) is 0 Å². The lowest BCUT2D eigenvalue weighted by atomic mass is 10.2. The molecule has 1 aromatic carbocycles. The first-order valence-corrected chi connectivity index (χ1v) is 4.95. The number of amides is 1. The van der Waals surface area contributed by atoms with E-state index in [4.69, 9.17) is 0 Å². The van der Waals surface area contributed by atoms with Crippen molar-refractivity contribution in [2.45, 2.75) is 0 Å². The Morgan fingerprint density at radius 2 is 2.12 bits per heavy atom. The summed E-state index contributed by atoms with van der Waals surface area (Å²) in [7, 11) is 1.16. The van der Waals surface area contributed by atoms with Crippen LogP contribution >= 0.6 is 0 Å². The average molecular weight is 230 g/mol. The van der Waals surface area contributed by atoms with Crippen molar-refractivity contribution in [1.29, 1.82) is 0 Å². The van der Waals surface area contributed by atoms with Gasteiger partial charge in [-0.05, 0) is 24.3 Å². The van der Waals surface area contributed by atoms with E-state index >= 15 is 0 Å². The fourth-order valence-electron chi connectivity index (χ4n) is 1.43. The third kappa shape index (κ3) is 2.39. The molecule has 5 heteroatoms. The van der Waals surface area contributed by atoms with Crippen molar-refractivity contribution in [3.63, 3.8) is 0 Å². The monoisotopic (exact) mass is 230 g/mol. The number of fused-ring (bicyclic) bond motifs is 1. The Kier molecular flexibility index (Phi) is 3.00. The van der Waals surface area contributed by atoms with Crippen LogP contribution < -0.4 is 5.32 Å². The van der Waals surface area contributed by atoms with E-state index < -0.39 is 11.9 Å². The molecule has 1 amide bonds. The molecule has 0 aliphatic carbocycles. The van der Waals surface area contributed by atoms with E-state index in [1.807, 2.05) is 6.07 Å². The van der Waals surface area contributed by atoms with Gasteiger partial charge in [-0.15, -0.1) is 0 Å². The van der Waals surface area contributed by atoms with Crippen LogP contribution in [0.2, 0.25) is 0 Å². The number of anilines is 1. The molecule has 2 aromatic rings. The highest BCUT2D eigenvalue weighted by Crippen LogP contribution is 2.16. The zero-order chi connectivity index (χ0) is 12.3. The number of methoxy groups -OCH3 is 1. The third-order valence-electron chi connectivity index (χ3n) is 2.23. The minimum Gasteiger partial charge on any atom is -0.462 e. The van der Waals surface area contributed by atoms with E-state index in [2.05, 4.69) is 15.0 Å². The van der Waals surface area contributed by atoms with E-state index in [1.54, 1.807) is 30.5 Å². The quantitative estimate of drug-likeness (QED) is 0.593. The normalized spacial score (nSPS) is 9.94. The minimum absolute atomic E-state index is 0.529. The number of benzene rings is 1. The van der Waals surface area contributed by atoms with Gasteiger partial charge in [0, 0.05) is 17.3 Å². The summed E-state index contributed by atoms with van der Waals surface area (Å²) in [6, 6.07) is 8.85. The van der Waals surface area contributed by atoms with Crippen LogP contribution in [0, 0.1) is 0 Å². The van der Waals surface area contributed by atoms with Gasteiger partial charge in [0.15, 0.2) is 0 Å². The Labute approximate surface area is 97.4 Å². The summed E-state index contributed by atoms with van der Waals surface area (Å²) >= 11 is 0. The van der Waals surface area contributed by atoms with Crippen LogP contribution in [0.5, 0.6) is 0 Å². The van der Waals surface area contributed by atoms with Gasteiger partial charge in [-0.1, -0.05) is 6.07 Å². The number of ether oxygens (including phenoxy) is 1. The SMILES string of the molecule is COC(=O)C(=O)Nc1ccc2ncccc2c1. The Morgan fingerprint density at radius 3 is 2.88 bits per heavy atom. The molecule has 0 atom stereocenters. The van der Waals surface area contributed by atoms with Crippen LogP contribution in [0.3, 0.4) is 0 Å². The van der Waals surface area contributed by atoms with E-state index in [1.165, 1.54) is 0 Å². The van der Waals surface area contributed by atoms with Gasteiger partial charge < -0.3 is 10.1 Å². The number of hydrogen-bond donors (Lipinski definition) is 1. The second-order valence-corrected chi connectivity index (χ2v) is 3.36. The first-order chi connectivity index (χ1) is 8.20. The molecule has 0 fully saturated rings. The molecule has 0 aliphatic heterocycles. The fraction of sp³-hybridized carbons (Fsp3) is 0.0833. The Hall–Kier alpha value is -2.43. The zero-order valence-corrected chi connectivity index (χ0v) is 9.14. The molecule has 1 aromatic heterocycles. The van der Waals surface area contributed by atoms with E-state index in [-0.39, 0.29) is 0 Å². The second-order valence-electron chi connectivity index (χ2n) is 3.36. The number of nitrogens with zero attached hydrogens (tertiary/aromatic N) is 1. The zero-order valence-electron chi connectivity index (χ0n) is 9.14. The minimum atomic E-state index is -0.920. The smallest absolute Gasteiger partial charge is 0.396 e. The largest absolute Gasteiger partial charge is 0.462 e. The molecule has 0 spiro atoms. The fourth-order valence-corrected chi connectivity index (χ4v) is 1.43. The van der Waals surface area contributed by atoms with Gasteiger partial charge in [-0.3, -0.25) is 9.78 Å². The molecule has 0 saturated carbocycles. The number of carbonyl (C=O) groups is 2. The summed E-state index contributed by atoms with van der Waals surface area (Å²) in [5, 5.41) is 3.33. The Balaban J connectivity index is 2.25. The lowest BCUT2D eigenvalue weighted by Gasteiger charge is -2.04. The van der Waals surface area contributed by atoms with Gasteiger partial charge >= 0.3 is 11.9 Å². The third-order valence-corrected chi connectivity index (χ3v) is 2.23. The molecule has 0 unspecified atom stereocenters. The predicted octanol–water partition coefficient (Wildman–Crippen LogP) is 1.35. The highest BCUT2D eigenvalue weighted by molar-refractivity contribution is 6.37. The van der Waals surface area contributed by atoms with E-state index in [0.717, 1.165) is 18.0 Å². The summed E-state index contributed by atoms with van der Waals surface area (Å²) in [5.74, 6) is -1.72. The maximum absolute atomic E-state index is 11.3. The number of rotatable bonds is 1. The average Bonchev–Trinajstić information content (AvgIpc) is 2.37. The van der Waals surface area contributed by atoms with Gasteiger partial charge in [0.2, 0.25) is 0 Å². The van der Waals surface area contributed by atoms with Crippen molar-refractivity contribution < 1.29 is 14.3 Å². The van der Waals surface area contributed by atoms with E-state index in [9.17, 15) is 9.59 Å². The topological polar surface area (TPSA) is 68.3 Å². The van der Waals surface area contributed by atoms with Crippen molar-refractivity contribution in [3.05, 3.63) is 36.5 Å². The number of nitrogens with one attached hydrogen (secondary N) is 1. The Morgan fingerprint density at radius 1 is 1.29 bits per heavy atom. The van der Waals surface area contributed by atoms with Crippen LogP contribution in [-0.2, 0) is 14.3 Å². The molecule has 0 bridgehead atoms. The van der Waals surface area contributed by atoms with Crippen LogP contribution in [-0.4, -0.2) is 24.0 Å². The maximum atomic E-state index is 11.3. The lowest BCUT2D eigenvalue weighted by Crippen LogP contribution is -2.23. The van der Waals surface area contributed by atoms with Crippen LogP contribution in [0.25, 0.3) is 10.9 Å². The molecule has 1 heterocycles. The molecule has 1 N–H and O–H groups in total. The molecule has 0 saturated heterocycles. The number of carbonyl (C=O) groups excluding carboxylic acids is 2. The summed E-state index contributed by atoms with van der Waals surface area (Å²) in [4.78, 5) is 26.4. The maximum Gasteiger partial charge on any atom is 0.396 e. The predicted molar refractivity (Wildman–Crippen MR) is 62.4 cm³/mol. The number of aromatic nitrogens is 1. The molecular formula is C12H10N2O3. The molecule has 2 rings (SSSR count). The molecule has 5 nitrogen and oxygen atoms in total. The second kappa shape index (κ2) is 4.61. The van der Waals surface area contributed by atoms with Crippen molar-refractivity contribution in [2.75, 3.05) is 12.4 Å². The first-order valence-electron chi connectivity index (χ1n) is 4.95. The van der Waals surface area contributed by atoms with Gasteiger partial charge in [0.05, 0.1) is 12.6 Å². The van der Waals surface area contributed by atoms with Crippen LogP contribution in [0.15, 0.2) is 36.5 Å². The van der Waals surface area contributed by atoms with Crippen molar-refractivity contribution in [1.82, 2.24) is 4.98 Å². The number of pyridine rings is 1. The highest BCUT2D eigenvalue weighted by atomic mass is 16.5. The van der Waals surface area contributed by atoms with Gasteiger partial charge in [-0.25, -0.2) is 4.79 Å². The molecule has 0 radical (unpaired) electrons. The summed E-state index contributed by atoms with van der Waals surface area (Å²) in [6.07, 6.45) is 1.69. The lowest BCUT2D eigenvalue weighted by molar-refractivity contribution is -0.150. The summed E-state index contributed by atoms with van der Waals surface area (Å²) in [5.41, 5.74) is 1.35. The summed E-state index contributed by atoms with van der Waals surface area (Å²) < 4.78 is 4.31. The molecular weight excluding hydrogens is 220 g/mol. The molecule has 17 heavy (non-hydrogen) atoms. The Bertz CT molecular complexity index is 581. The standard InChI is InChI=1S/C12H10N2O3/c1-17-12(16)11(15)14-9-4-5-10-8(7-9)3-2-6-13-10/h2-7H,1H3,(H,14,15). The van der Waals surface area contributed by atoms with Crippen molar-refractivity contribution >= 4 is 28.5 Å². The van der Waals surface area contributed by atoms with Crippen LogP contribution in [0.4, 0.5) is 5.69 Å². The van der Waals surface area contributed by atoms with Gasteiger partial charge in [-0.2, -0.15) is 0 Å². The summed E-state index contributed by atoms with van der Waals surface area (Å²) in [6.45, 7) is 0. The van der Waals surface area contributed by atoms with Gasteiger partial charge in [0.1, 0.15) is 0 Å². The van der Waals surface area contributed by atoms with Crippen LogP contribution in [0.1, 0.15) is 0 Å². The highest BCUT2D eigenvalue weighted by Gasteiger charge is 2.13. The van der Waals surface area contributed by atoms with Crippen molar-refractivity contribution in [3.8, 4) is 0 Å². The first kappa shape index (κ1) is 11.1. The van der Waals surface area contributed by atoms with E-state index in [0.29, 0.717) is 5.69 Å².